The summed E-state index contributed by atoms with van der Waals surface area (Å²) in [5, 5.41) is 0.731. The molecule has 114 valence electrons. The number of amides is 2. The first kappa shape index (κ1) is 16.0. The maximum Gasteiger partial charge on any atom is 0.284 e. The van der Waals surface area contributed by atoms with Gasteiger partial charge in [-0.1, -0.05) is 31.0 Å². The third-order valence-electron chi connectivity index (χ3n) is 3.85. The summed E-state index contributed by atoms with van der Waals surface area (Å²) in [5.74, 6) is -0.476. The third kappa shape index (κ3) is 3.64. The van der Waals surface area contributed by atoms with Crippen molar-refractivity contribution in [3.63, 3.8) is 0 Å². The maximum atomic E-state index is 12.3. The quantitative estimate of drug-likeness (QED) is 0.380. The van der Waals surface area contributed by atoms with Crippen molar-refractivity contribution >= 4 is 25.2 Å². The molecule has 1 fully saturated rings. The molecule has 21 heavy (non-hydrogen) atoms. The number of hydrogen-bond acceptors (Lipinski definition) is 5. The van der Waals surface area contributed by atoms with Crippen LogP contribution in [0, 0.1) is 6.92 Å². The second-order valence-corrected chi connectivity index (χ2v) is 5.49. The van der Waals surface area contributed by atoms with Gasteiger partial charge < -0.3 is 4.18 Å². The van der Waals surface area contributed by atoms with E-state index < -0.39 is 11.5 Å². The average Bonchev–Trinajstić information content (AvgIpc) is 2.97. The smallest absolute Gasteiger partial charge is 0.284 e. The molecule has 0 radical (unpaired) electrons. The monoisotopic (exact) mass is 309 g/mol. The summed E-state index contributed by atoms with van der Waals surface area (Å²) in [4.78, 5) is 28.8. The minimum absolute atomic E-state index is 0.132. The van der Waals surface area contributed by atoms with Crippen molar-refractivity contribution in [2.75, 3.05) is 6.61 Å². The molecule has 0 N–H and O–H groups in total. The molecule has 5 nitrogen and oxygen atoms in total. The minimum Gasteiger partial charge on any atom is -0.309 e. The Morgan fingerprint density at radius 3 is 2.62 bits per heavy atom. The van der Waals surface area contributed by atoms with Gasteiger partial charge in [0.15, 0.2) is 0 Å². The summed E-state index contributed by atoms with van der Waals surface area (Å²) >= 11 is 3.90. The first-order valence-electron chi connectivity index (χ1n) is 6.92. The zero-order valence-corrected chi connectivity index (χ0v) is 12.8. The molecule has 0 saturated heterocycles. The second-order valence-electron chi connectivity index (χ2n) is 5.31. The summed E-state index contributed by atoms with van der Waals surface area (Å²) in [6, 6.07) is 7.06. The Labute approximate surface area is 129 Å². The average molecular weight is 309 g/mol. The number of aryl methyl sites for hydroxylation is 1. The van der Waals surface area contributed by atoms with Crippen molar-refractivity contribution in [1.29, 1.82) is 0 Å². The van der Waals surface area contributed by atoms with Crippen molar-refractivity contribution in [2.24, 2.45) is 0 Å². The molecule has 0 aromatic heterocycles. The number of thiol groups is 1. The molecule has 1 aromatic rings. The second kappa shape index (κ2) is 7.06. The standard InChI is InChI=1S/C15H19NO4S/c1-12-6-2-3-7-13(12)14(18)16(11-17)19-10-15(20-21)8-4-5-9-15/h2-3,6-7,11,21H,4-5,8-10H2,1H3. The molecule has 1 saturated carbocycles. The molecule has 0 unspecified atom stereocenters. The van der Waals surface area contributed by atoms with Crippen LogP contribution in [0.1, 0.15) is 41.6 Å². The van der Waals surface area contributed by atoms with E-state index >= 15 is 0 Å². The number of imide groups is 1. The van der Waals surface area contributed by atoms with Gasteiger partial charge in [-0.2, -0.15) is 5.06 Å². The van der Waals surface area contributed by atoms with Gasteiger partial charge in [0.05, 0.1) is 0 Å². The number of hydrogen-bond donors (Lipinski definition) is 1. The van der Waals surface area contributed by atoms with Gasteiger partial charge in [-0.3, -0.25) is 14.4 Å². The van der Waals surface area contributed by atoms with Crippen LogP contribution in [0.2, 0.25) is 0 Å². The van der Waals surface area contributed by atoms with Crippen LogP contribution in [0.15, 0.2) is 24.3 Å². The van der Waals surface area contributed by atoms with Gasteiger partial charge in [-0.15, -0.1) is 0 Å². The molecule has 0 bridgehead atoms. The molecule has 2 amide bonds. The number of nitrogens with zero attached hydrogens (tertiary/aromatic N) is 1. The lowest BCUT2D eigenvalue weighted by molar-refractivity contribution is -0.170. The highest BCUT2D eigenvalue weighted by atomic mass is 32.1. The molecule has 2 rings (SSSR count). The van der Waals surface area contributed by atoms with Crippen LogP contribution in [0.3, 0.4) is 0 Å². The normalized spacial score (nSPS) is 16.7. The first-order valence-corrected chi connectivity index (χ1v) is 7.28. The first-order chi connectivity index (χ1) is 10.1. The van der Waals surface area contributed by atoms with Gasteiger partial charge in [0.25, 0.3) is 5.91 Å². The molecule has 0 aliphatic heterocycles. The molecule has 1 aliphatic carbocycles. The minimum atomic E-state index is -0.517. The predicted molar refractivity (Wildman–Crippen MR) is 80.6 cm³/mol. The van der Waals surface area contributed by atoms with Crippen LogP contribution < -0.4 is 0 Å². The number of rotatable bonds is 6. The summed E-state index contributed by atoms with van der Waals surface area (Å²) in [5.41, 5.74) is 0.715. The predicted octanol–water partition coefficient (Wildman–Crippen LogP) is 2.70. The Balaban J connectivity index is 2.05. The Morgan fingerprint density at radius 2 is 2.05 bits per heavy atom. The lowest BCUT2D eigenvalue weighted by Gasteiger charge is -2.27. The zero-order valence-electron chi connectivity index (χ0n) is 11.9. The highest BCUT2D eigenvalue weighted by Gasteiger charge is 2.36. The fourth-order valence-electron chi connectivity index (χ4n) is 2.54. The number of benzene rings is 1. The lowest BCUT2D eigenvalue weighted by atomic mass is 10.0. The van der Waals surface area contributed by atoms with Crippen molar-refractivity contribution in [2.45, 2.75) is 38.2 Å². The van der Waals surface area contributed by atoms with Crippen LogP contribution in [0.4, 0.5) is 0 Å². The van der Waals surface area contributed by atoms with Gasteiger partial charge in [-0.05, 0) is 44.3 Å². The van der Waals surface area contributed by atoms with E-state index in [1.807, 2.05) is 19.1 Å². The summed E-state index contributed by atoms with van der Waals surface area (Å²) in [6.45, 7) is 1.94. The summed E-state index contributed by atoms with van der Waals surface area (Å²) in [6.07, 6.45) is 4.05. The van der Waals surface area contributed by atoms with Crippen LogP contribution in [-0.2, 0) is 13.8 Å². The molecule has 0 heterocycles. The van der Waals surface area contributed by atoms with Crippen LogP contribution in [0.25, 0.3) is 0 Å². The fourth-order valence-corrected chi connectivity index (χ4v) is 2.77. The Hall–Kier alpha value is -1.37. The molecule has 1 aromatic carbocycles. The van der Waals surface area contributed by atoms with Gasteiger partial charge in [0.2, 0.25) is 6.41 Å². The highest BCUT2D eigenvalue weighted by Crippen LogP contribution is 2.34. The largest absolute Gasteiger partial charge is 0.309 e. The number of carbonyl (C=O) groups is 2. The van der Waals surface area contributed by atoms with E-state index in [4.69, 9.17) is 9.02 Å². The van der Waals surface area contributed by atoms with E-state index in [1.165, 1.54) is 0 Å². The van der Waals surface area contributed by atoms with Crippen molar-refractivity contribution in [1.82, 2.24) is 5.06 Å². The third-order valence-corrected chi connectivity index (χ3v) is 4.23. The van der Waals surface area contributed by atoms with Crippen molar-refractivity contribution < 1.29 is 18.6 Å². The van der Waals surface area contributed by atoms with Crippen LogP contribution >= 0.6 is 12.9 Å². The van der Waals surface area contributed by atoms with Gasteiger partial charge in [-0.25, -0.2) is 0 Å². The van der Waals surface area contributed by atoms with Crippen LogP contribution in [-0.4, -0.2) is 29.6 Å². The Bertz CT molecular complexity index is 514. The molecule has 6 heteroatoms. The molecule has 0 atom stereocenters. The topological polar surface area (TPSA) is 55.8 Å². The van der Waals surface area contributed by atoms with Crippen molar-refractivity contribution in [3.05, 3.63) is 35.4 Å². The van der Waals surface area contributed by atoms with Crippen LogP contribution in [0.5, 0.6) is 0 Å². The van der Waals surface area contributed by atoms with E-state index in [0.29, 0.717) is 12.0 Å². The van der Waals surface area contributed by atoms with E-state index in [9.17, 15) is 9.59 Å². The highest BCUT2D eigenvalue weighted by molar-refractivity contribution is 7.75. The SMILES string of the molecule is Cc1ccccc1C(=O)N(C=O)OCC1(OS)CCCC1. The molecular formula is C15H19NO4S. The van der Waals surface area contributed by atoms with Gasteiger partial charge in [0, 0.05) is 5.56 Å². The fraction of sp³-hybridized carbons (Fsp3) is 0.467. The Kier molecular flexibility index (Phi) is 5.39. The summed E-state index contributed by atoms with van der Waals surface area (Å²) < 4.78 is 5.22. The zero-order chi connectivity index (χ0) is 15.3. The van der Waals surface area contributed by atoms with E-state index in [-0.39, 0.29) is 6.61 Å². The van der Waals surface area contributed by atoms with E-state index in [2.05, 4.69) is 12.9 Å². The summed E-state index contributed by atoms with van der Waals surface area (Å²) in [7, 11) is 0. The number of hydroxylamine groups is 2. The molecular weight excluding hydrogens is 290 g/mol. The number of carbonyl (C=O) groups excluding carboxylic acids is 2. The van der Waals surface area contributed by atoms with E-state index in [1.54, 1.807) is 12.1 Å². The Morgan fingerprint density at radius 1 is 1.38 bits per heavy atom. The maximum absolute atomic E-state index is 12.3. The molecule has 1 aliphatic rings. The lowest BCUT2D eigenvalue weighted by Crippen LogP contribution is -2.39. The van der Waals surface area contributed by atoms with Crippen molar-refractivity contribution in [3.8, 4) is 0 Å². The van der Waals surface area contributed by atoms with Gasteiger partial charge in [0.1, 0.15) is 12.2 Å². The van der Waals surface area contributed by atoms with Gasteiger partial charge >= 0.3 is 0 Å². The van der Waals surface area contributed by atoms with E-state index in [0.717, 1.165) is 36.3 Å². The molecule has 0 spiro atoms.